The molecule has 7 nitrogen and oxygen atoms in total. The van der Waals surface area contributed by atoms with Crippen LogP contribution in [-0.2, 0) is 9.53 Å². The number of hydrogen-bond acceptors (Lipinski definition) is 7. The second-order valence-corrected chi connectivity index (χ2v) is 9.78. The molecule has 0 saturated heterocycles. The van der Waals surface area contributed by atoms with Gasteiger partial charge in [0.2, 0.25) is 0 Å². The fourth-order valence-electron chi connectivity index (χ4n) is 4.52. The molecular weight excluding hydrogens is 557 g/mol. The van der Waals surface area contributed by atoms with Crippen molar-refractivity contribution in [3.8, 4) is 11.5 Å². The maximum Gasteiger partial charge on any atom is 0.387 e. The summed E-state index contributed by atoms with van der Waals surface area (Å²) in [6, 6.07) is 17.9. The molecule has 1 aromatic heterocycles. The molecule has 1 aliphatic heterocycles. The predicted molar refractivity (Wildman–Crippen MR) is 147 cm³/mol. The van der Waals surface area contributed by atoms with Crippen molar-refractivity contribution in [2.45, 2.75) is 19.6 Å². The van der Waals surface area contributed by atoms with Crippen LogP contribution >= 0.6 is 11.3 Å². The zero-order valence-corrected chi connectivity index (χ0v) is 22.7. The van der Waals surface area contributed by atoms with Gasteiger partial charge in [0.1, 0.15) is 5.82 Å². The maximum absolute atomic E-state index is 13.9. The number of nitrogens with zero attached hydrogens (tertiary/aromatic N) is 2. The van der Waals surface area contributed by atoms with E-state index in [1.165, 1.54) is 54.1 Å². The lowest BCUT2D eigenvalue weighted by Gasteiger charge is -2.25. The minimum Gasteiger partial charge on any atom is -0.493 e. The highest BCUT2D eigenvalue weighted by molar-refractivity contribution is 7.07. The number of fused-ring (bicyclic) bond motifs is 1. The van der Waals surface area contributed by atoms with E-state index in [0.717, 1.165) is 11.3 Å². The summed E-state index contributed by atoms with van der Waals surface area (Å²) in [7, 11) is 1.32. The Bertz CT molecular complexity index is 1800. The van der Waals surface area contributed by atoms with Crippen molar-refractivity contribution in [1.82, 2.24) is 4.57 Å². The van der Waals surface area contributed by atoms with Gasteiger partial charge in [-0.15, -0.1) is 0 Å². The minimum absolute atomic E-state index is 0.0620. The van der Waals surface area contributed by atoms with E-state index in [0.29, 0.717) is 27.2 Å². The van der Waals surface area contributed by atoms with Gasteiger partial charge in [-0.2, -0.15) is 8.78 Å². The van der Waals surface area contributed by atoms with Crippen molar-refractivity contribution in [3.05, 3.63) is 121 Å². The molecule has 0 fully saturated rings. The molecule has 210 valence electrons. The smallest absolute Gasteiger partial charge is 0.387 e. The summed E-state index contributed by atoms with van der Waals surface area (Å²) in [5.74, 6) is -1.21. The number of carbonyl (C=O) groups excluding carboxylic acids is 1. The van der Waals surface area contributed by atoms with Gasteiger partial charge in [0.15, 0.2) is 16.3 Å². The van der Waals surface area contributed by atoms with Crippen LogP contribution in [-0.4, -0.2) is 30.9 Å². The van der Waals surface area contributed by atoms with Crippen LogP contribution in [0.5, 0.6) is 11.5 Å². The largest absolute Gasteiger partial charge is 0.493 e. The first-order valence-corrected chi connectivity index (χ1v) is 13.3. The van der Waals surface area contributed by atoms with Gasteiger partial charge in [0.05, 0.1) is 35.6 Å². The maximum atomic E-state index is 13.9. The van der Waals surface area contributed by atoms with Crippen LogP contribution < -0.4 is 24.4 Å². The number of carbonyl (C=O) groups is 1. The van der Waals surface area contributed by atoms with Gasteiger partial charge in [-0.05, 0) is 48.4 Å². The van der Waals surface area contributed by atoms with Crippen molar-refractivity contribution >= 4 is 29.1 Å². The molecule has 4 aromatic rings. The lowest BCUT2D eigenvalue weighted by Crippen LogP contribution is -2.40. The molecule has 0 amide bonds. The quantitative estimate of drug-likeness (QED) is 0.283. The number of halogens is 3. The number of thiazole rings is 1. The lowest BCUT2D eigenvalue weighted by molar-refractivity contribution is -0.138. The van der Waals surface area contributed by atoms with Gasteiger partial charge in [-0.25, -0.2) is 14.2 Å². The van der Waals surface area contributed by atoms with Crippen LogP contribution in [0.2, 0.25) is 0 Å². The van der Waals surface area contributed by atoms with Gasteiger partial charge in [0.25, 0.3) is 5.56 Å². The van der Waals surface area contributed by atoms with Gasteiger partial charge < -0.3 is 14.2 Å². The molecule has 0 spiro atoms. The Hall–Kier alpha value is -4.64. The first-order valence-electron chi connectivity index (χ1n) is 12.5. The van der Waals surface area contributed by atoms with E-state index >= 15 is 0 Å². The summed E-state index contributed by atoms with van der Waals surface area (Å²) in [5, 5.41) is 0. The highest BCUT2D eigenvalue weighted by Gasteiger charge is 2.35. The van der Waals surface area contributed by atoms with E-state index in [2.05, 4.69) is 4.74 Å². The summed E-state index contributed by atoms with van der Waals surface area (Å²) < 4.78 is 56.1. The molecule has 0 bridgehead atoms. The van der Waals surface area contributed by atoms with E-state index in [4.69, 9.17) is 14.5 Å². The van der Waals surface area contributed by atoms with Crippen LogP contribution in [0.4, 0.5) is 13.2 Å². The summed E-state index contributed by atoms with van der Waals surface area (Å²) >= 11 is 1.09. The fourth-order valence-corrected chi connectivity index (χ4v) is 5.52. The fraction of sp³-hybridized carbons (Fsp3) is 0.167. The number of alkyl halides is 2. The average molecular weight is 581 g/mol. The second kappa shape index (κ2) is 11.8. The number of esters is 1. The highest BCUT2D eigenvalue weighted by Crippen LogP contribution is 2.35. The third-order valence-corrected chi connectivity index (χ3v) is 7.24. The SMILES string of the molecule is CCOC(=O)C1=C(c2ccccc2)N=c2s/c(=C/c3ccc(OC(F)F)c(OC)c3)c(=O)n2[C@@H]1c1ccc(F)cc1. The molecule has 2 heterocycles. The van der Waals surface area contributed by atoms with E-state index in [9.17, 15) is 22.8 Å². The third-order valence-electron chi connectivity index (χ3n) is 6.26. The van der Waals surface area contributed by atoms with E-state index < -0.39 is 30.0 Å². The van der Waals surface area contributed by atoms with Gasteiger partial charge in [-0.3, -0.25) is 9.36 Å². The number of ether oxygens (including phenoxy) is 3. The number of aromatic nitrogens is 1. The standard InChI is InChI=1S/C30H23F3N2O5S/c1-3-39-28(37)24-25(18-7-5-4-6-8-18)34-30-35(26(24)19-10-12-20(31)13-11-19)27(36)23(41-30)16-17-9-14-21(40-29(32)33)22(15-17)38-2/h4-16,26,29H,3H2,1-2H3/b23-16+/t26-/m1/s1. The summed E-state index contributed by atoms with van der Waals surface area (Å²) in [4.78, 5) is 32.3. The highest BCUT2D eigenvalue weighted by atomic mass is 32.1. The monoisotopic (exact) mass is 580 g/mol. The molecule has 41 heavy (non-hydrogen) atoms. The molecule has 11 heteroatoms. The zero-order chi connectivity index (χ0) is 29.1. The van der Waals surface area contributed by atoms with Crippen LogP contribution in [0.1, 0.15) is 29.7 Å². The topological polar surface area (TPSA) is 79.1 Å². The Balaban J connectivity index is 1.75. The Kier molecular flexibility index (Phi) is 8.06. The Morgan fingerprint density at radius 1 is 1.07 bits per heavy atom. The second-order valence-electron chi connectivity index (χ2n) is 8.77. The van der Waals surface area contributed by atoms with Crippen LogP contribution in [0.25, 0.3) is 11.8 Å². The van der Waals surface area contributed by atoms with Crippen molar-refractivity contribution in [2.75, 3.05) is 13.7 Å². The molecule has 0 N–H and O–H groups in total. The Morgan fingerprint density at radius 3 is 2.46 bits per heavy atom. The van der Waals surface area contributed by atoms with Crippen LogP contribution in [0, 0.1) is 5.82 Å². The summed E-state index contributed by atoms with van der Waals surface area (Å²) in [5.41, 5.74) is 1.63. The van der Waals surface area contributed by atoms with Crippen molar-refractivity contribution in [2.24, 2.45) is 4.99 Å². The minimum atomic E-state index is -3.03. The molecule has 5 rings (SSSR count). The van der Waals surface area contributed by atoms with Crippen molar-refractivity contribution in [1.29, 1.82) is 0 Å². The van der Waals surface area contributed by atoms with Crippen LogP contribution in [0.15, 0.2) is 88.2 Å². The molecule has 0 aliphatic carbocycles. The molecule has 0 unspecified atom stereocenters. The first kappa shape index (κ1) is 27.9. The number of methoxy groups -OCH3 is 1. The van der Waals surface area contributed by atoms with Gasteiger partial charge in [-0.1, -0.05) is 59.9 Å². The van der Waals surface area contributed by atoms with Crippen molar-refractivity contribution in [3.63, 3.8) is 0 Å². The molecule has 3 aromatic carbocycles. The number of benzene rings is 3. The van der Waals surface area contributed by atoms with Crippen LogP contribution in [0.3, 0.4) is 0 Å². The normalized spacial score (nSPS) is 15.0. The van der Waals surface area contributed by atoms with E-state index in [1.54, 1.807) is 37.3 Å². The number of rotatable bonds is 8. The zero-order valence-electron chi connectivity index (χ0n) is 21.8. The average Bonchev–Trinajstić information content (AvgIpc) is 3.28. The summed E-state index contributed by atoms with van der Waals surface area (Å²) in [6.07, 6.45) is 1.57. The van der Waals surface area contributed by atoms with E-state index in [1.807, 2.05) is 6.07 Å². The Labute approximate surface area is 236 Å². The Morgan fingerprint density at radius 2 is 1.80 bits per heavy atom. The van der Waals surface area contributed by atoms with Crippen molar-refractivity contribution < 1.29 is 32.2 Å². The molecule has 1 aliphatic rings. The van der Waals surface area contributed by atoms with Gasteiger partial charge in [0, 0.05) is 5.56 Å². The van der Waals surface area contributed by atoms with Gasteiger partial charge >= 0.3 is 12.6 Å². The predicted octanol–water partition coefficient (Wildman–Crippen LogP) is 4.68. The molecular formula is C30H23F3N2O5S. The lowest BCUT2D eigenvalue weighted by atomic mass is 9.93. The molecule has 0 radical (unpaired) electrons. The van der Waals surface area contributed by atoms with E-state index in [-0.39, 0.29) is 28.2 Å². The summed E-state index contributed by atoms with van der Waals surface area (Å²) in [6.45, 7) is -1.26. The number of hydrogen-bond donors (Lipinski definition) is 0. The first-order chi connectivity index (χ1) is 19.8. The molecule has 0 saturated carbocycles. The molecule has 1 atom stereocenters. The third kappa shape index (κ3) is 5.66.